The van der Waals surface area contributed by atoms with E-state index in [9.17, 15) is 24.2 Å². The molecule has 10 heteroatoms. The van der Waals surface area contributed by atoms with Crippen LogP contribution in [0.5, 0.6) is 0 Å². The maximum Gasteiger partial charge on any atom is 0.472 e. The van der Waals surface area contributed by atoms with Crippen LogP contribution in [0.3, 0.4) is 0 Å². The molecule has 0 rings (SSSR count). The first-order chi connectivity index (χ1) is 25.8. The van der Waals surface area contributed by atoms with Gasteiger partial charge in [0, 0.05) is 19.4 Å². The number of nitrogens with one attached hydrogen (secondary N) is 1. The molecule has 3 N–H and O–H groups in total. The fourth-order valence-electron chi connectivity index (χ4n) is 5.80. The van der Waals surface area contributed by atoms with Gasteiger partial charge < -0.3 is 20.1 Å². The highest BCUT2D eigenvalue weighted by Crippen LogP contribution is 2.42. The van der Waals surface area contributed by atoms with Crippen molar-refractivity contribution in [1.82, 2.24) is 5.32 Å². The van der Waals surface area contributed by atoms with Gasteiger partial charge in [-0.05, 0) is 51.4 Å². The zero-order chi connectivity index (χ0) is 38.9. The lowest BCUT2D eigenvalue weighted by molar-refractivity contribution is -0.147. The molecule has 53 heavy (non-hydrogen) atoms. The molecular formula is C43H80NO8P. The van der Waals surface area contributed by atoms with Gasteiger partial charge in [-0.2, -0.15) is 0 Å². The van der Waals surface area contributed by atoms with E-state index in [2.05, 4.69) is 55.6 Å². The molecule has 0 bridgehead atoms. The van der Waals surface area contributed by atoms with E-state index in [1.807, 2.05) is 0 Å². The number of unbranched alkanes of at least 4 members (excludes halogenated alkanes) is 21. The number of rotatable bonds is 40. The third-order valence-electron chi connectivity index (χ3n) is 9.07. The normalized spacial score (nSPS) is 13.7. The van der Waals surface area contributed by atoms with E-state index in [4.69, 9.17) is 13.8 Å². The Morgan fingerprint density at radius 3 is 1.57 bits per heavy atom. The standard InChI is InChI=1S/C43H80NO8P/c1-3-5-7-9-11-13-15-16-17-18-19-20-21-22-23-24-26-28-30-32-34-36-43(47)50-39-41(45)40-52-53(48,49)51-38-37-44-42(46)35-33-31-29-27-25-14-12-10-8-6-4-2/h11,13,16-17,19-20,41,45H,3-10,12,14-15,18,21-40H2,1-2H3,(H,44,46)(H,48,49)/b13-11-,17-16-,20-19-. The van der Waals surface area contributed by atoms with E-state index in [0.29, 0.717) is 6.42 Å². The molecule has 0 aromatic rings. The third kappa shape index (κ3) is 41.2. The number of ether oxygens (including phenoxy) is 1. The summed E-state index contributed by atoms with van der Waals surface area (Å²) in [4.78, 5) is 33.8. The van der Waals surface area contributed by atoms with Gasteiger partial charge in [0.25, 0.3) is 0 Å². The summed E-state index contributed by atoms with van der Waals surface area (Å²) in [5, 5.41) is 12.7. The number of allylic oxidation sites excluding steroid dienone is 6. The third-order valence-corrected chi connectivity index (χ3v) is 10.1. The topological polar surface area (TPSA) is 131 Å². The van der Waals surface area contributed by atoms with Crippen molar-refractivity contribution in [2.45, 2.75) is 200 Å². The molecule has 0 fully saturated rings. The second kappa shape index (κ2) is 39.9. The summed E-state index contributed by atoms with van der Waals surface area (Å²) in [6, 6.07) is 0. The van der Waals surface area contributed by atoms with E-state index in [-0.39, 0.29) is 32.1 Å². The first-order valence-electron chi connectivity index (χ1n) is 21.5. The molecule has 0 aliphatic heterocycles. The first kappa shape index (κ1) is 51.2. The summed E-state index contributed by atoms with van der Waals surface area (Å²) in [6.07, 6.45) is 43.6. The molecule has 0 heterocycles. The van der Waals surface area contributed by atoms with Crippen molar-refractivity contribution >= 4 is 19.7 Å². The molecule has 0 saturated carbocycles. The van der Waals surface area contributed by atoms with Crippen molar-refractivity contribution in [2.24, 2.45) is 0 Å². The number of aliphatic hydroxyl groups excluding tert-OH is 1. The molecule has 310 valence electrons. The number of phosphoric ester groups is 1. The number of aliphatic hydroxyl groups is 1. The number of carbonyl (C=O) groups excluding carboxylic acids is 2. The Hall–Kier alpha value is -1.77. The predicted octanol–water partition coefficient (Wildman–Crippen LogP) is 11.8. The van der Waals surface area contributed by atoms with Gasteiger partial charge in [0.1, 0.15) is 12.7 Å². The first-order valence-corrected chi connectivity index (χ1v) is 23.0. The van der Waals surface area contributed by atoms with Crippen molar-refractivity contribution in [2.75, 3.05) is 26.4 Å². The maximum atomic E-state index is 12.1. The average Bonchev–Trinajstić information content (AvgIpc) is 3.14. The molecular weight excluding hydrogens is 689 g/mol. The SMILES string of the molecule is CCCCC/C=C\C/C=C\C/C=C\CCCCCCCCCCC(=O)OCC(O)COP(=O)(O)OCCNC(=O)CCCCCCCCCCCCC. The molecule has 0 aromatic heterocycles. The van der Waals surface area contributed by atoms with Crippen molar-refractivity contribution in [3.63, 3.8) is 0 Å². The summed E-state index contributed by atoms with van der Waals surface area (Å²) in [5.74, 6) is -0.522. The molecule has 0 spiro atoms. The van der Waals surface area contributed by atoms with E-state index in [1.54, 1.807) is 0 Å². The average molecular weight is 770 g/mol. The summed E-state index contributed by atoms with van der Waals surface area (Å²) >= 11 is 0. The largest absolute Gasteiger partial charge is 0.472 e. The van der Waals surface area contributed by atoms with Crippen LogP contribution in [0.1, 0.15) is 194 Å². The fourth-order valence-corrected chi connectivity index (χ4v) is 6.56. The highest BCUT2D eigenvalue weighted by molar-refractivity contribution is 7.47. The van der Waals surface area contributed by atoms with Gasteiger partial charge in [-0.15, -0.1) is 0 Å². The van der Waals surface area contributed by atoms with Crippen molar-refractivity contribution in [3.8, 4) is 0 Å². The Balaban J connectivity index is 3.60. The number of phosphoric acid groups is 1. The van der Waals surface area contributed by atoms with Gasteiger partial charge in [-0.1, -0.05) is 166 Å². The smallest absolute Gasteiger partial charge is 0.463 e. The molecule has 0 aliphatic carbocycles. The van der Waals surface area contributed by atoms with Gasteiger partial charge in [0.2, 0.25) is 5.91 Å². The van der Waals surface area contributed by atoms with E-state index in [0.717, 1.165) is 64.2 Å². The number of amides is 1. The van der Waals surface area contributed by atoms with Gasteiger partial charge in [0.15, 0.2) is 0 Å². The van der Waals surface area contributed by atoms with Crippen molar-refractivity contribution in [1.29, 1.82) is 0 Å². The molecule has 1 amide bonds. The Morgan fingerprint density at radius 1 is 0.585 bits per heavy atom. The van der Waals surface area contributed by atoms with E-state index >= 15 is 0 Å². The lowest BCUT2D eigenvalue weighted by Gasteiger charge is -2.15. The van der Waals surface area contributed by atoms with Crippen LogP contribution in [0.2, 0.25) is 0 Å². The predicted molar refractivity (Wildman–Crippen MR) is 220 cm³/mol. The summed E-state index contributed by atoms with van der Waals surface area (Å²) in [5.41, 5.74) is 0. The van der Waals surface area contributed by atoms with Crippen molar-refractivity contribution < 1.29 is 37.9 Å². The van der Waals surface area contributed by atoms with Crippen LogP contribution < -0.4 is 5.32 Å². The lowest BCUT2D eigenvalue weighted by atomic mass is 10.1. The number of esters is 1. The zero-order valence-electron chi connectivity index (χ0n) is 34.0. The fraction of sp³-hybridized carbons (Fsp3) is 0.814. The van der Waals surface area contributed by atoms with Gasteiger partial charge in [-0.25, -0.2) is 4.57 Å². The minimum Gasteiger partial charge on any atom is -0.463 e. The lowest BCUT2D eigenvalue weighted by Crippen LogP contribution is -2.27. The summed E-state index contributed by atoms with van der Waals surface area (Å²) in [7, 11) is -4.41. The van der Waals surface area contributed by atoms with Crippen LogP contribution in [0.25, 0.3) is 0 Å². The van der Waals surface area contributed by atoms with Crippen LogP contribution in [-0.2, 0) is 27.9 Å². The highest BCUT2D eigenvalue weighted by Gasteiger charge is 2.23. The van der Waals surface area contributed by atoms with Crippen molar-refractivity contribution in [3.05, 3.63) is 36.5 Å². The molecule has 2 atom stereocenters. The van der Waals surface area contributed by atoms with Gasteiger partial charge in [0.05, 0.1) is 13.2 Å². The molecule has 0 radical (unpaired) electrons. The van der Waals surface area contributed by atoms with Crippen LogP contribution in [0, 0.1) is 0 Å². The quantitative estimate of drug-likeness (QED) is 0.0243. The van der Waals surface area contributed by atoms with Crippen LogP contribution in [0.15, 0.2) is 36.5 Å². The summed E-state index contributed by atoms with van der Waals surface area (Å²) in [6.45, 7) is 3.51. The van der Waals surface area contributed by atoms with Gasteiger partial charge in [-0.3, -0.25) is 18.6 Å². The Bertz CT molecular complexity index is 970. The number of carbonyl (C=O) groups is 2. The second-order valence-electron chi connectivity index (χ2n) is 14.3. The van der Waals surface area contributed by atoms with E-state index in [1.165, 1.54) is 103 Å². The molecule has 2 unspecified atom stereocenters. The maximum absolute atomic E-state index is 12.1. The molecule has 0 aliphatic rings. The minimum atomic E-state index is -4.41. The number of hydrogen-bond acceptors (Lipinski definition) is 7. The minimum absolute atomic E-state index is 0.0826. The van der Waals surface area contributed by atoms with Gasteiger partial charge >= 0.3 is 13.8 Å². The van der Waals surface area contributed by atoms with Crippen LogP contribution >= 0.6 is 7.82 Å². The van der Waals surface area contributed by atoms with Crippen LogP contribution in [0.4, 0.5) is 0 Å². The summed E-state index contributed by atoms with van der Waals surface area (Å²) < 4.78 is 26.8. The molecule has 0 aromatic carbocycles. The Labute approximate surface area is 324 Å². The molecule has 0 saturated heterocycles. The van der Waals surface area contributed by atoms with E-state index < -0.39 is 26.5 Å². The molecule has 9 nitrogen and oxygen atoms in total. The number of hydrogen-bond donors (Lipinski definition) is 3. The monoisotopic (exact) mass is 770 g/mol. The Kier molecular flexibility index (Phi) is 38.6. The Morgan fingerprint density at radius 2 is 1.02 bits per heavy atom. The highest BCUT2D eigenvalue weighted by atomic mass is 31.2. The zero-order valence-corrected chi connectivity index (χ0v) is 34.9. The van der Waals surface area contributed by atoms with Crippen LogP contribution in [-0.4, -0.2) is 54.3 Å². The second-order valence-corrected chi connectivity index (χ2v) is 15.8.